The van der Waals surface area contributed by atoms with E-state index in [2.05, 4.69) is 59.9 Å². The van der Waals surface area contributed by atoms with Crippen LogP contribution in [0.1, 0.15) is 113 Å². The van der Waals surface area contributed by atoms with E-state index in [1.807, 2.05) is 0 Å². The summed E-state index contributed by atoms with van der Waals surface area (Å²) in [6, 6.07) is -1.22. The number of aliphatic hydroxyl groups is 11. The van der Waals surface area contributed by atoms with Crippen molar-refractivity contribution in [1.82, 2.24) is 5.32 Å². The van der Waals surface area contributed by atoms with Crippen LogP contribution < -0.4 is 5.32 Å². The molecule has 13 N–H and O–H groups in total. The first kappa shape index (κ1) is 59.5. The zero-order valence-electron chi connectivity index (χ0n) is 45.5. The Morgan fingerprint density at radius 1 is 0.649 bits per heavy atom. The summed E-state index contributed by atoms with van der Waals surface area (Å²) in [4.78, 5) is 26.7. The minimum atomic E-state index is -1.74. The number of hydrogen-bond donors (Lipinski definition) is 13. The van der Waals surface area contributed by atoms with Gasteiger partial charge in [0.15, 0.2) is 25.2 Å². The predicted molar refractivity (Wildman–Crippen MR) is 264 cm³/mol. The lowest BCUT2D eigenvalue weighted by Gasteiger charge is -2.72. The van der Waals surface area contributed by atoms with Crippen LogP contribution in [0.2, 0.25) is 0 Å². The molecule has 4 heterocycles. The number of amides is 1. The highest BCUT2D eigenvalue weighted by molar-refractivity contribution is 5.78. The van der Waals surface area contributed by atoms with Crippen LogP contribution in [0.5, 0.6) is 0 Å². The van der Waals surface area contributed by atoms with E-state index in [-0.39, 0.29) is 29.1 Å². The molecule has 4 saturated carbocycles. The Bertz CT molecular complexity index is 2170. The molecule has 5 aliphatic carbocycles. The molecule has 0 aromatic carbocycles. The SMILES string of the molecule is CC(=O)N[C@@H]1[C@@H](O[C@@H]2CC[C@]3(C)C(CC[C@@]4(C)C3CC=C3C5CC(C)(C)CC[C@@]5(C(=O)O)[C@@H](O[C@H]5O[C@@H](CO)[C@H](O)[C@@H](O)[C@@H]5O)C[C@@]34C)C2(C)C)O[C@@H](CO[C@H]2OC[C@@H](O)[C@@H](O)[C@@H]2O[C@H]2OC[C@H](O)[C@@H](O)[C@@H]2O)[C@H](O)[C@H]1O. The highest BCUT2D eigenvalue weighted by Crippen LogP contribution is 2.76. The number of aliphatic hydroxyl groups excluding tert-OH is 11. The summed E-state index contributed by atoms with van der Waals surface area (Å²) in [5.41, 5.74) is -2.37. The maximum atomic E-state index is 14.0. The molecule has 440 valence electrons. The second kappa shape index (κ2) is 21.6. The van der Waals surface area contributed by atoms with Crippen LogP contribution in [0.25, 0.3) is 0 Å². The smallest absolute Gasteiger partial charge is 0.312 e. The fourth-order valence-electron chi connectivity index (χ4n) is 16.5. The van der Waals surface area contributed by atoms with Gasteiger partial charge in [0.25, 0.3) is 0 Å². The molecule has 8 fully saturated rings. The van der Waals surface area contributed by atoms with Crippen LogP contribution in [0.15, 0.2) is 11.6 Å². The number of carbonyl (C=O) groups is 2. The minimum Gasteiger partial charge on any atom is -0.481 e. The fraction of sp³-hybridized carbons (Fsp3) is 0.926. The van der Waals surface area contributed by atoms with Crippen molar-refractivity contribution in [3.63, 3.8) is 0 Å². The van der Waals surface area contributed by atoms with E-state index >= 15 is 0 Å². The summed E-state index contributed by atoms with van der Waals surface area (Å²) in [6.45, 7) is 14.9. The van der Waals surface area contributed by atoms with Crippen LogP contribution in [0, 0.1) is 50.2 Å². The summed E-state index contributed by atoms with van der Waals surface area (Å²) in [6.07, 6.45) is -20.0. The molecular formula is C54H87NO22. The fourth-order valence-corrected chi connectivity index (χ4v) is 16.5. The first-order valence-electron chi connectivity index (χ1n) is 27.7. The Morgan fingerprint density at radius 2 is 1.27 bits per heavy atom. The molecule has 23 heteroatoms. The first-order chi connectivity index (χ1) is 36.0. The average molecular weight is 1100 g/mol. The molecule has 0 aromatic rings. The van der Waals surface area contributed by atoms with E-state index in [1.165, 1.54) is 6.92 Å². The van der Waals surface area contributed by atoms with Crippen LogP contribution in [-0.4, -0.2) is 222 Å². The largest absolute Gasteiger partial charge is 0.481 e. The van der Waals surface area contributed by atoms with Crippen molar-refractivity contribution in [3.05, 3.63) is 11.6 Å². The van der Waals surface area contributed by atoms with Crippen LogP contribution in [0.3, 0.4) is 0 Å². The molecule has 0 radical (unpaired) electrons. The molecule has 23 nitrogen and oxygen atoms in total. The van der Waals surface area contributed by atoms with Crippen molar-refractivity contribution in [2.45, 2.75) is 236 Å². The van der Waals surface area contributed by atoms with Gasteiger partial charge in [-0.1, -0.05) is 60.1 Å². The highest BCUT2D eigenvalue weighted by atomic mass is 16.8. The zero-order valence-corrected chi connectivity index (χ0v) is 45.5. The predicted octanol–water partition coefficient (Wildman–Crippen LogP) is -1.08. The maximum Gasteiger partial charge on any atom is 0.312 e. The molecule has 9 aliphatic rings. The number of nitrogens with one attached hydrogen (secondary N) is 1. The Kier molecular flexibility index (Phi) is 16.7. The summed E-state index contributed by atoms with van der Waals surface area (Å²) in [5, 5.41) is 132. The van der Waals surface area contributed by atoms with Gasteiger partial charge in [-0.25, -0.2) is 0 Å². The van der Waals surface area contributed by atoms with E-state index in [0.29, 0.717) is 38.5 Å². The molecular weight excluding hydrogens is 1010 g/mol. The van der Waals surface area contributed by atoms with Gasteiger partial charge < -0.3 is 104 Å². The Hall–Kier alpha value is -2.08. The molecule has 0 spiro atoms. The van der Waals surface area contributed by atoms with Crippen molar-refractivity contribution in [3.8, 4) is 0 Å². The summed E-state index contributed by atoms with van der Waals surface area (Å²) in [5.74, 6) is -1.81. The van der Waals surface area contributed by atoms with Gasteiger partial charge in [-0.2, -0.15) is 0 Å². The van der Waals surface area contributed by atoms with Crippen LogP contribution in [-0.2, 0) is 47.5 Å². The number of hydrogen-bond acceptors (Lipinski definition) is 21. The number of allylic oxidation sites excluding steroid dienone is 2. The van der Waals surface area contributed by atoms with E-state index in [1.54, 1.807) is 0 Å². The van der Waals surface area contributed by atoms with Crippen molar-refractivity contribution in [2.75, 3.05) is 26.4 Å². The van der Waals surface area contributed by atoms with E-state index in [0.717, 1.165) is 18.4 Å². The standard InChI is InChI=1S/C54H87NO22/c1-23(57)55-34-39(64)38(63)29(22-72-47-43(36(61)27(59)21-71-47)77-45-41(66)35(60)26(58)20-70-45)74-44(34)75-32-12-13-51(6)30(50(32,4)5)11-14-52(7)31(51)10-9-24-25-17-49(2,3)15-16-54(25,48(68)69)33(18-53(24,52)8)76-46-42(67)40(65)37(62)28(19-56)73-46/h9,25-47,56,58-67H,10-22H2,1-8H3,(H,55,57)(H,68,69)/t25?,26-,27+,28-,29-,30?,31?,32+,33-,34-,35+,36+,37-,38-,39-,40+,41-,42-,43-,44+,45+,46+,47+,51+,52-,53-,54-/m0/s1. The molecule has 9 rings (SSSR count). The summed E-state index contributed by atoms with van der Waals surface area (Å²) >= 11 is 0. The van der Waals surface area contributed by atoms with Crippen molar-refractivity contribution >= 4 is 11.9 Å². The van der Waals surface area contributed by atoms with Crippen LogP contribution in [0.4, 0.5) is 0 Å². The van der Waals surface area contributed by atoms with Crippen molar-refractivity contribution in [1.29, 1.82) is 0 Å². The normalized spacial score (nSPS) is 52.4. The lowest BCUT2D eigenvalue weighted by Crippen LogP contribution is -2.69. The van der Waals surface area contributed by atoms with E-state index in [9.17, 15) is 70.9 Å². The lowest BCUT2D eigenvalue weighted by atomic mass is 9.33. The van der Waals surface area contributed by atoms with Gasteiger partial charge in [0.2, 0.25) is 5.91 Å². The number of fused-ring (bicyclic) bond motifs is 7. The van der Waals surface area contributed by atoms with Crippen LogP contribution >= 0.6 is 0 Å². The summed E-state index contributed by atoms with van der Waals surface area (Å²) in [7, 11) is 0. The molecule has 0 aromatic heterocycles. The Balaban J connectivity index is 0.957. The number of rotatable bonds is 12. The first-order valence-corrected chi connectivity index (χ1v) is 27.7. The molecule has 77 heavy (non-hydrogen) atoms. The van der Waals surface area contributed by atoms with Gasteiger partial charge in [-0.05, 0) is 103 Å². The minimum absolute atomic E-state index is 0.0532. The van der Waals surface area contributed by atoms with Gasteiger partial charge >= 0.3 is 5.97 Å². The average Bonchev–Trinajstić information content (AvgIpc) is 3.36. The van der Waals surface area contributed by atoms with Crippen molar-refractivity contribution in [2.24, 2.45) is 50.2 Å². The van der Waals surface area contributed by atoms with Gasteiger partial charge in [0, 0.05) is 6.92 Å². The molecule has 27 atom stereocenters. The van der Waals surface area contributed by atoms with Gasteiger partial charge in [0.1, 0.15) is 90.8 Å². The third-order valence-corrected chi connectivity index (χ3v) is 21.1. The topological polar surface area (TPSA) is 363 Å². The van der Waals surface area contributed by atoms with Crippen molar-refractivity contribution < 1.29 is 109 Å². The van der Waals surface area contributed by atoms with E-state index < -0.39 is 189 Å². The van der Waals surface area contributed by atoms with E-state index in [4.69, 9.17) is 37.9 Å². The second-order valence-electron chi connectivity index (χ2n) is 26.3. The quantitative estimate of drug-likeness (QED) is 0.0817. The Morgan fingerprint density at radius 3 is 1.94 bits per heavy atom. The molecule has 1 amide bonds. The highest BCUT2D eigenvalue weighted by Gasteiger charge is 2.72. The molecule has 3 unspecified atom stereocenters. The van der Waals surface area contributed by atoms with Gasteiger partial charge in [0.05, 0.1) is 38.6 Å². The monoisotopic (exact) mass is 1100 g/mol. The molecule has 4 aliphatic heterocycles. The van der Waals surface area contributed by atoms with Gasteiger partial charge in [-0.15, -0.1) is 0 Å². The Labute approximate surface area is 449 Å². The third-order valence-electron chi connectivity index (χ3n) is 21.1. The second-order valence-corrected chi connectivity index (χ2v) is 26.3. The number of aliphatic carboxylic acids is 1. The number of ether oxygens (including phenoxy) is 8. The lowest BCUT2D eigenvalue weighted by molar-refractivity contribution is -0.352. The summed E-state index contributed by atoms with van der Waals surface area (Å²) < 4.78 is 48.8. The number of carbonyl (C=O) groups excluding carboxylic acids is 1. The molecule has 4 saturated heterocycles. The third kappa shape index (κ3) is 9.96. The van der Waals surface area contributed by atoms with Gasteiger partial charge in [-0.3, -0.25) is 9.59 Å². The number of carboxylic acids is 1. The number of carboxylic acid groups (broad SMARTS) is 1. The molecule has 0 bridgehead atoms. The zero-order chi connectivity index (χ0) is 56.3. The maximum absolute atomic E-state index is 14.0.